The van der Waals surface area contributed by atoms with Gasteiger partial charge in [-0.1, -0.05) is 30.3 Å². The fraction of sp³-hybridized carbons (Fsp3) is 0.150. The summed E-state index contributed by atoms with van der Waals surface area (Å²) in [6, 6.07) is 13.0. The minimum absolute atomic E-state index is 0.396. The molecule has 0 fully saturated rings. The van der Waals surface area contributed by atoms with Crippen molar-refractivity contribution in [2.75, 3.05) is 21.3 Å². The molecule has 1 aliphatic rings. The maximum Gasteiger partial charge on any atom is 0.343 e. The summed E-state index contributed by atoms with van der Waals surface area (Å²) < 4.78 is 21.3. The Kier molecular flexibility index (Phi) is 4.75. The Morgan fingerprint density at radius 2 is 1.56 bits per heavy atom. The van der Waals surface area contributed by atoms with E-state index in [4.69, 9.17) is 18.9 Å². The largest absolute Gasteiger partial charge is 0.493 e. The molecule has 0 aromatic heterocycles. The molecule has 3 rings (SSSR count). The van der Waals surface area contributed by atoms with Crippen LogP contribution in [0.4, 0.5) is 0 Å². The highest BCUT2D eigenvalue weighted by atomic mass is 16.5. The summed E-state index contributed by atoms with van der Waals surface area (Å²) in [7, 11) is 4.64. The molecule has 1 aliphatic heterocycles. The van der Waals surface area contributed by atoms with Gasteiger partial charge in [0.2, 0.25) is 5.75 Å². The van der Waals surface area contributed by atoms with E-state index in [1.165, 1.54) is 0 Å². The van der Waals surface area contributed by atoms with Gasteiger partial charge in [-0.3, -0.25) is 0 Å². The molecule has 0 spiro atoms. The van der Waals surface area contributed by atoms with E-state index in [0.29, 0.717) is 28.6 Å². The molecule has 0 bridgehead atoms. The van der Waals surface area contributed by atoms with Gasteiger partial charge in [-0.15, -0.1) is 0 Å². The fourth-order valence-electron chi connectivity index (χ4n) is 2.60. The quantitative estimate of drug-likeness (QED) is 0.615. The first-order valence-electron chi connectivity index (χ1n) is 7.67. The minimum atomic E-state index is -0.396. The van der Waals surface area contributed by atoms with Crippen LogP contribution >= 0.6 is 0 Å². The predicted molar refractivity (Wildman–Crippen MR) is 94.6 cm³/mol. The second-order valence-corrected chi connectivity index (χ2v) is 5.32. The van der Waals surface area contributed by atoms with E-state index in [9.17, 15) is 4.79 Å². The Labute approximate surface area is 146 Å². The number of methoxy groups -OCH3 is 3. The van der Waals surface area contributed by atoms with Crippen LogP contribution in [-0.2, 0) is 9.53 Å². The van der Waals surface area contributed by atoms with Gasteiger partial charge >= 0.3 is 5.97 Å². The third kappa shape index (κ3) is 3.35. The molecular weight excluding hydrogens is 320 g/mol. The molecule has 0 saturated heterocycles. The van der Waals surface area contributed by atoms with Crippen molar-refractivity contribution in [2.45, 2.75) is 0 Å². The molecule has 0 aliphatic carbocycles. The molecular formula is C20H18O5. The number of benzene rings is 2. The molecule has 25 heavy (non-hydrogen) atoms. The first-order valence-corrected chi connectivity index (χ1v) is 7.67. The lowest BCUT2D eigenvalue weighted by Gasteiger charge is -2.12. The van der Waals surface area contributed by atoms with Crippen LogP contribution in [0.5, 0.6) is 17.2 Å². The van der Waals surface area contributed by atoms with Crippen molar-refractivity contribution in [1.29, 1.82) is 0 Å². The molecule has 0 amide bonds. The summed E-state index contributed by atoms with van der Waals surface area (Å²) in [5.41, 5.74) is 2.05. The summed E-state index contributed by atoms with van der Waals surface area (Å²) in [5.74, 6) is 1.68. The Balaban J connectivity index is 2.00. The highest BCUT2D eigenvalue weighted by Crippen LogP contribution is 2.39. The summed E-state index contributed by atoms with van der Waals surface area (Å²) in [6.45, 7) is 0. The molecule has 5 heteroatoms. The zero-order valence-electron chi connectivity index (χ0n) is 14.2. The maximum absolute atomic E-state index is 12.2. The Morgan fingerprint density at radius 1 is 0.920 bits per heavy atom. The molecule has 2 aromatic rings. The fourth-order valence-corrected chi connectivity index (χ4v) is 2.60. The van der Waals surface area contributed by atoms with Crippen molar-refractivity contribution in [3.05, 3.63) is 65.2 Å². The van der Waals surface area contributed by atoms with Crippen LogP contribution in [0.2, 0.25) is 0 Å². The van der Waals surface area contributed by atoms with Gasteiger partial charge in [0.05, 0.1) is 26.9 Å². The normalized spacial score (nSPS) is 14.9. The van der Waals surface area contributed by atoms with Gasteiger partial charge in [0.1, 0.15) is 5.76 Å². The van der Waals surface area contributed by atoms with E-state index < -0.39 is 5.97 Å². The first kappa shape index (κ1) is 16.6. The number of ether oxygens (including phenoxy) is 4. The Bertz CT molecular complexity index is 825. The molecule has 0 radical (unpaired) electrons. The lowest BCUT2D eigenvalue weighted by atomic mass is 10.1. The second-order valence-electron chi connectivity index (χ2n) is 5.32. The van der Waals surface area contributed by atoms with Crippen molar-refractivity contribution in [1.82, 2.24) is 0 Å². The van der Waals surface area contributed by atoms with Crippen molar-refractivity contribution in [3.8, 4) is 17.2 Å². The predicted octanol–water partition coefficient (Wildman–Crippen LogP) is 3.69. The summed E-state index contributed by atoms with van der Waals surface area (Å²) in [4.78, 5) is 12.2. The molecule has 128 valence electrons. The lowest BCUT2D eigenvalue weighted by Crippen LogP contribution is -1.98. The van der Waals surface area contributed by atoms with Gasteiger partial charge in [0.25, 0.3) is 0 Å². The van der Waals surface area contributed by atoms with Gasteiger partial charge in [-0.25, -0.2) is 4.79 Å². The lowest BCUT2D eigenvalue weighted by molar-refractivity contribution is -0.130. The van der Waals surface area contributed by atoms with Gasteiger partial charge in [0.15, 0.2) is 11.5 Å². The number of carbonyl (C=O) groups is 1. The van der Waals surface area contributed by atoms with Crippen LogP contribution < -0.4 is 14.2 Å². The summed E-state index contributed by atoms with van der Waals surface area (Å²) in [5, 5.41) is 0. The topological polar surface area (TPSA) is 54.0 Å². The zero-order valence-corrected chi connectivity index (χ0v) is 14.2. The molecule has 0 N–H and O–H groups in total. The number of hydrogen-bond acceptors (Lipinski definition) is 5. The molecule has 0 saturated carbocycles. The minimum Gasteiger partial charge on any atom is -0.493 e. The maximum atomic E-state index is 12.2. The van der Waals surface area contributed by atoms with Crippen molar-refractivity contribution in [2.24, 2.45) is 0 Å². The number of rotatable bonds is 5. The van der Waals surface area contributed by atoms with E-state index >= 15 is 0 Å². The Hall–Kier alpha value is -3.21. The van der Waals surface area contributed by atoms with Crippen LogP contribution in [0.1, 0.15) is 11.1 Å². The van der Waals surface area contributed by atoms with Gasteiger partial charge in [-0.05, 0) is 29.8 Å². The number of hydrogen-bond donors (Lipinski definition) is 0. The van der Waals surface area contributed by atoms with Gasteiger partial charge in [0, 0.05) is 5.56 Å². The van der Waals surface area contributed by atoms with E-state index in [-0.39, 0.29) is 0 Å². The van der Waals surface area contributed by atoms with E-state index in [0.717, 1.165) is 11.1 Å². The van der Waals surface area contributed by atoms with Crippen LogP contribution in [0.3, 0.4) is 0 Å². The van der Waals surface area contributed by atoms with Crippen LogP contribution in [0.15, 0.2) is 54.1 Å². The van der Waals surface area contributed by atoms with Crippen LogP contribution in [-0.4, -0.2) is 27.3 Å². The third-order valence-electron chi connectivity index (χ3n) is 3.79. The van der Waals surface area contributed by atoms with E-state index in [1.807, 2.05) is 30.3 Å². The monoisotopic (exact) mass is 338 g/mol. The van der Waals surface area contributed by atoms with Crippen LogP contribution in [0, 0.1) is 0 Å². The SMILES string of the molecule is COc1cc(/C=C2/C=C(c3ccccc3)OC2=O)cc(OC)c1OC. The summed E-state index contributed by atoms with van der Waals surface area (Å²) >= 11 is 0. The summed E-state index contributed by atoms with van der Waals surface area (Å²) in [6.07, 6.45) is 3.45. The number of cyclic esters (lactones) is 1. The van der Waals surface area contributed by atoms with Crippen LogP contribution in [0.25, 0.3) is 11.8 Å². The third-order valence-corrected chi connectivity index (χ3v) is 3.79. The smallest absolute Gasteiger partial charge is 0.343 e. The van der Waals surface area contributed by atoms with Gasteiger partial charge < -0.3 is 18.9 Å². The number of carbonyl (C=O) groups excluding carboxylic acids is 1. The average molecular weight is 338 g/mol. The van der Waals surface area contributed by atoms with E-state index in [1.54, 1.807) is 45.6 Å². The standard InChI is InChI=1S/C20H18O5/c1-22-17-10-13(11-18(23-2)19(17)24-3)9-15-12-16(25-20(15)21)14-7-5-4-6-8-14/h4-12H,1-3H3/b15-9-. The van der Waals surface area contributed by atoms with Crippen molar-refractivity contribution >= 4 is 17.8 Å². The van der Waals surface area contributed by atoms with Gasteiger partial charge in [-0.2, -0.15) is 0 Å². The average Bonchev–Trinajstić information content (AvgIpc) is 3.02. The van der Waals surface area contributed by atoms with Crippen molar-refractivity contribution < 1.29 is 23.7 Å². The molecule has 0 atom stereocenters. The Morgan fingerprint density at radius 3 is 2.12 bits per heavy atom. The van der Waals surface area contributed by atoms with Crippen molar-refractivity contribution in [3.63, 3.8) is 0 Å². The second kappa shape index (κ2) is 7.13. The molecule has 0 unspecified atom stereocenters. The highest BCUT2D eigenvalue weighted by Gasteiger charge is 2.22. The zero-order chi connectivity index (χ0) is 17.8. The number of esters is 1. The highest BCUT2D eigenvalue weighted by molar-refractivity contribution is 6.05. The molecule has 1 heterocycles. The molecule has 5 nitrogen and oxygen atoms in total. The van der Waals surface area contributed by atoms with E-state index in [2.05, 4.69) is 0 Å². The first-order chi connectivity index (χ1) is 12.2. The molecule has 2 aromatic carbocycles.